The standard InChI is InChI=1S/C12H16NO.C2F6NO4S2/c1-12(2)9-13(7-8-14)11-6-4-3-5-10(11)12;3-1(4,5)14(10,11)9-15(12,13)2(6,7)8/h3-6,9,14H,7-8H2,1-2H3;/q+1;-1. The average molecular weight is 470 g/mol. The van der Waals surface area contributed by atoms with Crippen molar-refractivity contribution in [2.45, 2.75) is 30.3 Å². The summed E-state index contributed by atoms with van der Waals surface area (Å²) in [6, 6.07) is 8.37. The molecule has 0 aromatic heterocycles. The highest BCUT2D eigenvalue weighted by Crippen LogP contribution is 2.36. The van der Waals surface area contributed by atoms with Gasteiger partial charge in [-0.25, -0.2) is 16.8 Å². The monoisotopic (exact) mass is 470 g/mol. The second kappa shape index (κ2) is 8.20. The number of para-hydroxylation sites is 1. The van der Waals surface area contributed by atoms with Crippen LogP contribution in [0.3, 0.4) is 0 Å². The Morgan fingerprint density at radius 1 is 0.966 bits per heavy atom. The normalized spacial score (nSPS) is 16.5. The number of alkyl halides is 6. The first-order valence-electron chi connectivity index (χ1n) is 7.55. The molecule has 1 aromatic rings. The van der Waals surface area contributed by atoms with Gasteiger partial charge >= 0.3 is 11.0 Å². The maximum absolute atomic E-state index is 11.4. The number of fused-ring (bicyclic) bond motifs is 1. The van der Waals surface area contributed by atoms with E-state index in [1.807, 2.05) is 6.07 Å². The number of sulfonamides is 2. The van der Waals surface area contributed by atoms with Gasteiger partial charge in [0.2, 0.25) is 5.69 Å². The van der Waals surface area contributed by atoms with E-state index in [0.29, 0.717) is 6.54 Å². The molecule has 0 bridgehead atoms. The lowest BCUT2D eigenvalue weighted by molar-refractivity contribution is -0.436. The van der Waals surface area contributed by atoms with Crippen molar-refractivity contribution >= 4 is 31.9 Å². The summed E-state index contributed by atoms with van der Waals surface area (Å²) in [5, 5.41) is 8.96. The summed E-state index contributed by atoms with van der Waals surface area (Å²) in [6.45, 7) is 5.27. The van der Waals surface area contributed by atoms with Crippen molar-refractivity contribution in [1.82, 2.24) is 0 Å². The first-order chi connectivity index (χ1) is 12.9. The summed E-state index contributed by atoms with van der Waals surface area (Å²) in [5.74, 6) is 0. The number of hydrogen-bond donors (Lipinski definition) is 1. The van der Waals surface area contributed by atoms with Crippen LogP contribution >= 0.6 is 0 Å². The fourth-order valence-electron chi connectivity index (χ4n) is 2.30. The molecule has 166 valence electrons. The molecule has 15 heteroatoms. The molecule has 1 aliphatic rings. The molecule has 0 unspecified atom stereocenters. The zero-order valence-corrected chi connectivity index (χ0v) is 16.5. The van der Waals surface area contributed by atoms with Gasteiger partial charge < -0.3 is 9.23 Å². The van der Waals surface area contributed by atoms with Gasteiger partial charge in [0.15, 0.2) is 32.8 Å². The molecule has 1 aliphatic heterocycles. The fraction of sp³-hybridized carbons (Fsp3) is 0.500. The summed E-state index contributed by atoms with van der Waals surface area (Å²) < 4.78 is 111. The van der Waals surface area contributed by atoms with Gasteiger partial charge in [-0.1, -0.05) is 18.2 Å². The van der Waals surface area contributed by atoms with E-state index in [2.05, 4.69) is 42.8 Å². The summed E-state index contributed by atoms with van der Waals surface area (Å²) >= 11 is 0. The van der Waals surface area contributed by atoms with Gasteiger partial charge in [-0.05, 0) is 13.8 Å². The van der Waals surface area contributed by atoms with Gasteiger partial charge in [0.05, 0.1) is 5.41 Å². The van der Waals surface area contributed by atoms with Gasteiger partial charge in [-0.15, -0.1) is 0 Å². The van der Waals surface area contributed by atoms with Gasteiger partial charge in [0.25, 0.3) is 0 Å². The van der Waals surface area contributed by atoms with E-state index in [0.717, 1.165) is 4.13 Å². The van der Waals surface area contributed by atoms with Crippen molar-refractivity contribution in [3.8, 4) is 0 Å². The molecular formula is C14H16F6N2O5S2. The van der Waals surface area contributed by atoms with Crippen molar-refractivity contribution in [2.75, 3.05) is 13.2 Å². The molecule has 2 rings (SSSR count). The average Bonchev–Trinajstić information content (AvgIpc) is 2.77. The van der Waals surface area contributed by atoms with E-state index in [1.165, 1.54) is 11.3 Å². The highest BCUT2D eigenvalue weighted by atomic mass is 32.3. The van der Waals surface area contributed by atoms with Crippen molar-refractivity contribution in [2.24, 2.45) is 0 Å². The molecule has 0 saturated carbocycles. The first-order valence-corrected chi connectivity index (χ1v) is 10.4. The van der Waals surface area contributed by atoms with Crippen molar-refractivity contribution in [1.29, 1.82) is 0 Å². The number of hydrogen-bond acceptors (Lipinski definition) is 5. The number of nitrogens with zero attached hydrogens (tertiary/aromatic N) is 2. The van der Waals surface area contributed by atoms with E-state index in [9.17, 15) is 43.2 Å². The predicted octanol–water partition coefficient (Wildman–Crippen LogP) is 2.74. The maximum atomic E-state index is 11.4. The van der Waals surface area contributed by atoms with E-state index < -0.39 is 31.1 Å². The Bertz CT molecular complexity index is 940. The predicted molar refractivity (Wildman–Crippen MR) is 90.7 cm³/mol. The van der Waals surface area contributed by atoms with Crippen molar-refractivity contribution in [3.63, 3.8) is 0 Å². The summed E-state index contributed by atoms with van der Waals surface area (Å²) in [4.78, 5) is 0. The van der Waals surface area contributed by atoms with Crippen LogP contribution in [0.15, 0.2) is 24.3 Å². The molecule has 1 aromatic carbocycles. The van der Waals surface area contributed by atoms with E-state index in [1.54, 1.807) is 0 Å². The minimum Gasteiger partial charge on any atom is -0.421 e. The van der Waals surface area contributed by atoms with Gasteiger partial charge in [-0.3, -0.25) is 0 Å². The summed E-state index contributed by atoms with van der Waals surface area (Å²) in [6.07, 6.45) is 2.19. The van der Waals surface area contributed by atoms with Crippen molar-refractivity contribution in [3.05, 3.63) is 34.0 Å². The van der Waals surface area contributed by atoms with Crippen LogP contribution in [0, 0.1) is 0 Å². The zero-order chi connectivity index (χ0) is 22.9. The molecule has 0 amide bonds. The Kier molecular flexibility index (Phi) is 7.16. The lowest BCUT2D eigenvalue weighted by Crippen LogP contribution is -2.30. The smallest absolute Gasteiger partial charge is 0.421 e. The summed E-state index contributed by atoms with van der Waals surface area (Å²) in [5.41, 5.74) is -9.75. The van der Waals surface area contributed by atoms with Crippen LogP contribution in [-0.2, 0) is 25.5 Å². The zero-order valence-electron chi connectivity index (χ0n) is 14.9. The number of β-amino-alcohol motifs (C(OH)–C–C–N with tert-alkyl or cyclic N) is 1. The van der Waals surface area contributed by atoms with Crippen LogP contribution in [0.2, 0.25) is 0 Å². The Labute approximate surface area is 162 Å². The minimum absolute atomic E-state index is 0.0891. The minimum atomic E-state index is -6.72. The van der Waals surface area contributed by atoms with E-state index in [4.69, 9.17) is 5.11 Å². The lowest BCUT2D eigenvalue weighted by Gasteiger charge is -2.22. The van der Waals surface area contributed by atoms with Crippen LogP contribution < -0.4 is 0 Å². The van der Waals surface area contributed by atoms with E-state index >= 15 is 0 Å². The second-order valence-corrected chi connectivity index (χ2v) is 9.62. The largest absolute Gasteiger partial charge is 0.480 e. The number of aliphatic hydroxyl groups excluding tert-OH is 1. The number of rotatable bonds is 4. The number of halogens is 6. The van der Waals surface area contributed by atoms with Crippen LogP contribution in [-0.4, -0.2) is 56.9 Å². The third-order valence-corrected chi connectivity index (χ3v) is 6.25. The topological polar surface area (TPSA) is 106 Å². The van der Waals surface area contributed by atoms with Crippen LogP contribution in [0.25, 0.3) is 4.13 Å². The Hall–Kier alpha value is -1.71. The highest BCUT2D eigenvalue weighted by molar-refractivity contribution is 8.13. The lowest BCUT2D eigenvalue weighted by atomic mass is 9.87. The molecule has 0 fully saturated rings. The molecule has 29 heavy (non-hydrogen) atoms. The van der Waals surface area contributed by atoms with Gasteiger partial charge in [0, 0.05) is 11.6 Å². The quantitative estimate of drug-likeness (QED) is 0.538. The first kappa shape index (κ1) is 25.3. The van der Waals surface area contributed by atoms with Crippen LogP contribution in [0.5, 0.6) is 0 Å². The third-order valence-electron chi connectivity index (χ3n) is 3.51. The number of benzene rings is 1. The molecule has 0 aliphatic carbocycles. The Morgan fingerprint density at radius 3 is 1.83 bits per heavy atom. The SMILES string of the molecule is CC1(C)C=[N+](CCO)c2ccccc21.O=S(=O)([N-]S(=O)(=O)C(F)(F)F)C(F)(F)F. The molecule has 0 radical (unpaired) electrons. The molecule has 1 heterocycles. The highest BCUT2D eigenvalue weighted by Gasteiger charge is 2.47. The molecule has 0 atom stereocenters. The van der Waals surface area contributed by atoms with E-state index in [-0.39, 0.29) is 12.0 Å². The summed E-state index contributed by atoms with van der Waals surface area (Å²) in [7, 11) is -13.4. The molecule has 0 saturated heterocycles. The Balaban J connectivity index is 0.000000290. The maximum Gasteiger partial charge on any atom is 0.480 e. The van der Waals surface area contributed by atoms with Gasteiger partial charge in [0.1, 0.15) is 6.61 Å². The second-order valence-electron chi connectivity index (χ2n) is 6.20. The molecular weight excluding hydrogens is 454 g/mol. The van der Waals surface area contributed by atoms with Crippen LogP contribution in [0.1, 0.15) is 19.4 Å². The Morgan fingerprint density at radius 2 is 1.41 bits per heavy atom. The van der Waals surface area contributed by atoms with Gasteiger partial charge in [-0.2, -0.15) is 30.9 Å². The van der Waals surface area contributed by atoms with Crippen molar-refractivity contribution < 1.29 is 52.9 Å². The fourth-order valence-corrected chi connectivity index (χ4v) is 4.01. The molecule has 1 N–H and O–H groups in total. The molecule has 0 spiro atoms. The van der Waals surface area contributed by atoms with Crippen LogP contribution in [0.4, 0.5) is 32.0 Å². The third kappa shape index (κ3) is 5.90. The molecule has 7 nitrogen and oxygen atoms in total. The number of aliphatic hydroxyl groups is 1.